The molecule has 134 valence electrons. The van der Waals surface area contributed by atoms with E-state index in [0.29, 0.717) is 11.5 Å². The first kappa shape index (κ1) is 17.6. The minimum absolute atomic E-state index is 0.0433. The van der Waals surface area contributed by atoms with Crippen LogP contribution < -0.4 is 5.32 Å². The van der Waals surface area contributed by atoms with Crippen LogP contribution in [0, 0.1) is 5.82 Å². The number of rotatable bonds is 7. The number of carbonyl (C=O) groups is 1. The van der Waals surface area contributed by atoms with Crippen molar-refractivity contribution < 1.29 is 14.3 Å². The van der Waals surface area contributed by atoms with Crippen molar-refractivity contribution in [2.75, 3.05) is 6.54 Å². The third-order valence-corrected chi connectivity index (χ3v) is 4.77. The summed E-state index contributed by atoms with van der Waals surface area (Å²) in [6.07, 6.45) is 3.60. The van der Waals surface area contributed by atoms with Gasteiger partial charge in [-0.15, -0.1) is 0 Å². The molecule has 5 nitrogen and oxygen atoms in total. The molecule has 0 aliphatic heterocycles. The molecule has 6 heteroatoms. The Bertz CT molecular complexity index is 755. The van der Waals surface area contributed by atoms with E-state index in [0.717, 1.165) is 25.0 Å². The predicted molar refractivity (Wildman–Crippen MR) is 92.9 cm³/mol. The second kappa shape index (κ2) is 7.35. The quantitative estimate of drug-likeness (QED) is 0.809. The molecule has 1 amide bonds. The molecule has 0 spiro atoms. The number of nitrogens with zero attached hydrogens (tertiary/aromatic N) is 2. The van der Waals surface area contributed by atoms with Crippen molar-refractivity contribution in [3.63, 3.8) is 0 Å². The van der Waals surface area contributed by atoms with Crippen LogP contribution in [-0.4, -0.2) is 27.3 Å². The first-order valence-electron chi connectivity index (χ1n) is 8.81. The highest BCUT2D eigenvalue weighted by Gasteiger charge is 2.33. The SMILES string of the molecule is CCC(C)n1ncc(C(=O)NCC(O)c2ccccc2F)c1C1CC1. The van der Waals surface area contributed by atoms with Crippen molar-refractivity contribution in [2.45, 2.75) is 51.2 Å². The van der Waals surface area contributed by atoms with Gasteiger partial charge in [-0.25, -0.2) is 4.39 Å². The number of amides is 1. The van der Waals surface area contributed by atoms with E-state index in [1.54, 1.807) is 18.3 Å². The van der Waals surface area contributed by atoms with Crippen LogP contribution in [0.1, 0.15) is 72.8 Å². The van der Waals surface area contributed by atoms with Crippen molar-refractivity contribution in [2.24, 2.45) is 0 Å². The smallest absolute Gasteiger partial charge is 0.254 e. The van der Waals surface area contributed by atoms with Crippen LogP contribution in [0.4, 0.5) is 4.39 Å². The summed E-state index contributed by atoms with van der Waals surface area (Å²) in [5.74, 6) is -0.368. The fourth-order valence-corrected chi connectivity index (χ4v) is 2.97. The maximum atomic E-state index is 13.7. The number of benzene rings is 1. The van der Waals surface area contributed by atoms with Crippen LogP contribution >= 0.6 is 0 Å². The fourth-order valence-electron chi connectivity index (χ4n) is 2.97. The summed E-state index contributed by atoms with van der Waals surface area (Å²) in [5.41, 5.74) is 1.72. The molecular weight excluding hydrogens is 321 g/mol. The maximum Gasteiger partial charge on any atom is 0.254 e. The van der Waals surface area contributed by atoms with Gasteiger partial charge in [-0.1, -0.05) is 25.1 Å². The first-order chi connectivity index (χ1) is 12.0. The van der Waals surface area contributed by atoms with Gasteiger partial charge in [0.15, 0.2) is 0 Å². The average molecular weight is 345 g/mol. The van der Waals surface area contributed by atoms with Crippen molar-refractivity contribution in [3.8, 4) is 0 Å². The number of aliphatic hydroxyl groups excluding tert-OH is 1. The summed E-state index contributed by atoms with van der Waals surface area (Å²) < 4.78 is 15.7. The number of aliphatic hydroxyl groups is 1. The largest absolute Gasteiger partial charge is 0.386 e. The molecule has 2 unspecified atom stereocenters. The van der Waals surface area contributed by atoms with E-state index in [9.17, 15) is 14.3 Å². The van der Waals surface area contributed by atoms with Crippen molar-refractivity contribution in [1.29, 1.82) is 0 Å². The van der Waals surface area contributed by atoms with Crippen LogP contribution in [0.2, 0.25) is 0 Å². The molecule has 0 saturated heterocycles. The Labute approximate surface area is 146 Å². The van der Waals surface area contributed by atoms with Gasteiger partial charge in [-0.3, -0.25) is 9.48 Å². The molecule has 2 N–H and O–H groups in total. The number of hydrogen-bond acceptors (Lipinski definition) is 3. The molecule has 1 fully saturated rings. The highest BCUT2D eigenvalue weighted by Crippen LogP contribution is 2.42. The van der Waals surface area contributed by atoms with Gasteiger partial charge < -0.3 is 10.4 Å². The van der Waals surface area contributed by atoms with Crippen LogP contribution in [0.15, 0.2) is 30.5 Å². The van der Waals surface area contributed by atoms with Crippen molar-refractivity contribution in [3.05, 3.63) is 53.1 Å². The van der Waals surface area contributed by atoms with Crippen LogP contribution in [0.5, 0.6) is 0 Å². The van der Waals surface area contributed by atoms with E-state index in [2.05, 4.69) is 24.3 Å². The van der Waals surface area contributed by atoms with Gasteiger partial charge in [0.1, 0.15) is 5.82 Å². The monoisotopic (exact) mass is 345 g/mol. The molecule has 2 aromatic rings. The Morgan fingerprint density at radius 1 is 1.44 bits per heavy atom. The van der Waals surface area contributed by atoms with Gasteiger partial charge in [0.05, 0.1) is 23.6 Å². The standard InChI is InChI=1S/C19H24FN3O2/c1-3-12(2)23-18(13-8-9-13)15(10-22-23)19(25)21-11-17(24)14-6-4-5-7-16(14)20/h4-7,10,12-13,17,24H,3,8-9,11H2,1-2H3,(H,21,25). The van der Waals surface area contributed by atoms with Gasteiger partial charge in [0, 0.05) is 24.1 Å². The Kier molecular flexibility index (Phi) is 5.18. The predicted octanol–water partition coefficient (Wildman–Crippen LogP) is 3.33. The molecule has 25 heavy (non-hydrogen) atoms. The zero-order valence-corrected chi connectivity index (χ0v) is 14.6. The second-order valence-electron chi connectivity index (χ2n) is 6.67. The minimum Gasteiger partial charge on any atom is -0.386 e. The van der Waals surface area contributed by atoms with E-state index in [1.165, 1.54) is 12.1 Å². The molecule has 1 aromatic heterocycles. The topological polar surface area (TPSA) is 67.2 Å². The van der Waals surface area contributed by atoms with Gasteiger partial charge in [-0.2, -0.15) is 5.10 Å². The van der Waals surface area contributed by atoms with Crippen molar-refractivity contribution >= 4 is 5.91 Å². The summed E-state index contributed by atoms with van der Waals surface area (Å²) >= 11 is 0. The molecule has 1 heterocycles. The van der Waals surface area contributed by atoms with Crippen LogP contribution in [0.25, 0.3) is 0 Å². The maximum absolute atomic E-state index is 13.7. The molecule has 1 aromatic carbocycles. The first-order valence-corrected chi connectivity index (χ1v) is 8.81. The molecule has 1 aliphatic carbocycles. The lowest BCUT2D eigenvalue weighted by Gasteiger charge is -2.15. The lowest BCUT2D eigenvalue weighted by Crippen LogP contribution is -2.29. The molecular formula is C19H24FN3O2. The Morgan fingerprint density at radius 2 is 2.16 bits per heavy atom. The number of carbonyl (C=O) groups excluding carboxylic acids is 1. The lowest BCUT2D eigenvalue weighted by molar-refractivity contribution is 0.0913. The number of halogens is 1. The average Bonchev–Trinajstić information content (AvgIpc) is 3.37. The number of hydrogen-bond donors (Lipinski definition) is 2. The number of aromatic nitrogens is 2. The molecule has 3 rings (SSSR count). The molecule has 1 saturated carbocycles. The second-order valence-corrected chi connectivity index (χ2v) is 6.67. The fraction of sp³-hybridized carbons (Fsp3) is 0.474. The van der Waals surface area contributed by atoms with Crippen LogP contribution in [-0.2, 0) is 0 Å². The van der Waals surface area contributed by atoms with E-state index in [4.69, 9.17) is 0 Å². The van der Waals surface area contributed by atoms with Gasteiger partial charge >= 0.3 is 0 Å². The lowest BCUT2D eigenvalue weighted by atomic mass is 10.1. The third-order valence-electron chi connectivity index (χ3n) is 4.77. The normalized spacial score (nSPS) is 16.5. The summed E-state index contributed by atoms with van der Waals surface area (Å²) in [6, 6.07) is 6.27. The zero-order chi connectivity index (χ0) is 18.0. The van der Waals surface area contributed by atoms with E-state index >= 15 is 0 Å². The highest BCUT2D eigenvalue weighted by molar-refractivity contribution is 5.95. The van der Waals surface area contributed by atoms with Gasteiger partial charge in [0.25, 0.3) is 5.91 Å². The summed E-state index contributed by atoms with van der Waals surface area (Å²) in [6.45, 7) is 4.13. The Hall–Kier alpha value is -2.21. The summed E-state index contributed by atoms with van der Waals surface area (Å²) in [4.78, 5) is 12.6. The number of nitrogens with one attached hydrogen (secondary N) is 1. The third kappa shape index (κ3) is 3.74. The summed E-state index contributed by atoms with van der Waals surface area (Å²) in [5, 5.41) is 17.3. The van der Waals surface area contributed by atoms with Gasteiger partial charge in [0.2, 0.25) is 0 Å². The summed E-state index contributed by atoms with van der Waals surface area (Å²) in [7, 11) is 0. The highest BCUT2D eigenvalue weighted by atomic mass is 19.1. The molecule has 2 atom stereocenters. The van der Waals surface area contributed by atoms with Crippen molar-refractivity contribution in [1.82, 2.24) is 15.1 Å². The zero-order valence-electron chi connectivity index (χ0n) is 14.6. The van der Waals surface area contributed by atoms with E-state index in [1.807, 2.05) is 4.68 Å². The molecule has 1 aliphatic rings. The van der Waals surface area contributed by atoms with E-state index in [-0.39, 0.29) is 24.1 Å². The molecule has 0 bridgehead atoms. The minimum atomic E-state index is -1.08. The Morgan fingerprint density at radius 3 is 2.80 bits per heavy atom. The Balaban J connectivity index is 1.72. The molecule has 0 radical (unpaired) electrons. The van der Waals surface area contributed by atoms with Gasteiger partial charge in [-0.05, 0) is 32.3 Å². The van der Waals surface area contributed by atoms with Crippen LogP contribution in [0.3, 0.4) is 0 Å². The van der Waals surface area contributed by atoms with E-state index < -0.39 is 11.9 Å².